The fourth-order valence-corrected chi connectivity index (χ4v) is 2.45. The summed E-state index contributed by atoms with van der Waals surface area (Å²) in [4.78, 5) is 12.2. The third kappa shape index (κ3) is 1.63. The number of nitrogens with zero attached hydrogens (tertiary/aromatic N) is 4. The summed E-state index contributed by atoms with van der Waals surface area (Å²) in [6.45, 7) is 0.741. The lowest BCUT2D eigenvalue weighted by Gasteiger charge is -2.14. The number of hydrogen-bond donors (Lipinski definition) is 3. The molecule has 1 aliphatic rings. The first-order chi connectivity index (χ1) is 8.68. The highest BCUT2D eigenvalue weighted by molar-refractivity contribution is 5.70. The van der Waals surface area contributed by atoms with E-state index >= 15 is 0 Å². The Balaban J connectivity index is 1.93. The predicted octanol–water partition coefficient (Wildman–Crippen LogP) is -0.601. The fourth-order valence-electron chi connectivity index (χ4n) is 2.45. The molecule has 0 spiro atoms. The second kappa shape index (κ2) is 3.89. The van der Waals surface area contributed by atoms with E-state index in [4.69, 9.17) is 5.73 Å². The van der Waals surface area contributed by atoms with Crippen LogP contribution in [0.4, 0.5) is 5.95 Å². The third-order valence-corrected chi connectivity index (χ3v) is 3.76. The molecular formula is C11H15N5O2. The minimum Gasteiger partial charge on any atom is -0.396 e. The molecule has 2 unspecified atom stereocenters. The van der Waals surface area contributed by atoms with Gasteiger partial charge in [-0.2, -0.15) is 4.98 Å². The van der Waals surface area contributed by atoms with Crippen LogP contribution in [0.5, 0.6) is 0 Å². The standard InChI is InChI=1S/C11H15N5O2/c12-10-13-2-8-9(15-10)16(6-14-8)4-11(5-18)1-7(11)3-17/h2,6-7,17-18H,1,3-5H2,(H2,12,13,15). The van der Waals surface area contributed by atoms with Crippen molar-refractivity contribution in [3.8, 4) is 0 Å². The molecule has 3 rings (SSSR count). The summed E-state index contributed by atoms with van der Waals surface area (Å²) < 4.78 is 1.86. The normalized spacial score (nSPS) is 26.7. The van der Waals surface area contributed by atoms with Crippen molar-refractivity contribution in [2.75, 3.05) is 18.9 Å². The largest absolute Gasteiger partial charge is 0.396 e. The van der Waals surface area contributed by atoms with E-state index in [1.165, 1.54) is 0 Å². The highest BCUT2D eigenvalue weighted by atomic mass is 16.3. The number of aromatic nitrogens is 4. The number of hydrogen-bond acceptors (Lipinski definition) is 6. The van der Waals surface area contributed by atoms with Crippen LogP contribution in [-0.2, 0) is 6.54 Å². The van der Waals surface area contributed by atoms with Gasteiger partial charge in [0.1, 0.15) is 5.52 Å². The van der Waals surface area contributed by atoms with Crippen LogP contribution in [0.3, 0.4) is 0 Å². The second-order valence-electron chi connectivity index (χ2n) is 4.91. The monoisotopic (exact) mass is 249 g/mol. The maximum Gasteiger partial charge on any atom is 0.222 e. The zero-order valence-corrected chi connectivity index (χ0v) is 9.82. The lowest BCUT2D eigenvalue weighted by molar-refractivity contribution is 0.159. The van der Waals surface area contributed by atoms with Gasteiger partial charge in [-0.1, -0.05) is 0 Å². The maximum atomic E-state index is 9.48. The Morgan fingerprint density at radius 1 is 1.44 bits per heavy atom. The van der Waals surface area contributed by atoms with E-state index < -0.39 is 0 Å². The van der Waals surface area contributed by atoms with Gasteiger partial charge in [-0.3, -0.25) is 0 Å². The Bertz CT molecular complexity index is 584. The lowest BCUT2D eigenvalue weighted by atomic mass is 10.1. The number of aliphatic hydroxyl groups excluding tert-OH is 2. The van der Waals surface area contributed by atoms with Crippen LogP contribution < -0.4 is 5.73 Å². The lowest BCUT2D eigenvalue weighted by Crippen LogP contribution is -2.19. The molecule has 1 aliphatic carbocycles. The zero-order valence-electron chi connectivity index (χ0n) is 9.82. The summed E-state index contributed by atoms with van der Waals surface area (Å²) in [5, 5.41) is 18.7. The molecule has 18 heavy (non-hydrogen) atoms. The van der Waals surface area contributed by atoms with Crippen molar-refractivity contribution in [1.29, 1.82) is 0 Å². The van der Waals surface area contributed by atoms with Gasteiger partial charge in [0, 0.05) is 18.6 Å². The van der Waals surface area contributed by atoms with Gasteiger partial charge in [0.05, 0.1) is 19.1 Å². The van der Waals surface area contributed by atoms with E-state index in [0.717, 1.165) is 6.42 Å². The van der Waals surface area contributed by atoms with Crippen molar-refractivity contribution >= 4 is 17.1 Å². The van der Waals surface area contributed by atoms with E-state index in [1.54, 1.807) is 12.5 Å². The molecule has 0 saturated heterocycles. The van der Waals surface area contributed by atoms with Gasteiger partial charge in [-0.25, -0.2) is 9.97 Å². The molecule has 2 aromatic rings. The number of fused-ring (bicyclic) bond motifs is 1. The van der Waals surface area contributed by atoms with Crippen LogP contribution in [0.15, 0.2) is 12.5 Å². The number of imidazole rings is 1. The molecule has 1 saturated carbocycles. The highest BCUT2D eigenvalue weighted by Gasteiger charge is 2.53. The van der Waals surface area contributed by atoms with Crippen LogP contribution in [0, 0.1) is 11.3 Å². The Morgan fingerprint density at radius 2 is 2.28 bits per heavy atom. The minimum absolute atomic E-state index is 0.0540. The first-order valence-electron chi connectivity index (χ1n) is 5.83. The van der Waals surface area contributed by atoms with Crippen molar-refractivity contribution in [1.82, 2.24) is 19.5 Å². The molecule has 1 fully saturated rings. The van der Waals surface area contributed by atoms with Crippen LogP contribution in [0.25, 0.3) is 11.2 Å². The summed E-state index contributed by atoms with van der Waals surface area (Å²) in [5.41, 5.74) is 6.66. The van der Waals surface area contributed by atoms with Gasteiger partial charge in [0.2, 0.25) is 5.95 Å². The minimum atomic E-state index is -0.248. The van der Waals surface area contributed by atoms with Crippen LogP contribution in [-0.4, -0.2) is 42.9 Å². The molecule has 4 N–H and O–H groups in total. The zero-order chi connectivity index (χ0) is 12.8. The first-order valence-corrected chi connectivity index (χ1v) is 5.83. The van der Waals surface area contributed by atoms with Gasteiger partial charge in [-0.05, 0) is 12.3 Å². The van der Waals surface area contributed by atoms with E-state index in [-0.39, 0.29) is 30.5 Å². The summed E-state index contributed by atoms with van der Waals surface area (Å²) in [6, 6.07) is 0. The first kappa shape index (κ1) is 11.4. The molecule has 2 heterocycles. The molecule has 96 valence electrons. The molecular weight excluding hydrogens is 234 g/mol. The quantitative estimate of drug-likeness (QED) is 0.667. The van der Waals surface area contributed by atoms with Crippen molar-refractivity contribution < 1.29 is 10.2 Å². The molecule has 7 nitrogen and oxygen atoms in total. The molecule has 7 heteroatoms. The summed E-state index contributed by atoms with van der Waals surface area (Å²) in [6.07, 6.45) is 4.07. The molecule has 0 aromatic carbocycles. The second-order valence-corrected chi connectivity index (χ2v) is 4.91. The van der Waals surface area contributed by atoms with Gasteiger partial charge in [0.25, 0.3) is 0 Å². The van der Waals surface area contributed by atoms with E-state index in [9.17, 15) is 10.2 Å². The molecule has 0 radical (unpaired) electrons. The Kier molecular flexibility index (Phi) is 2.46. The average molecular weight is 249 g/mol. The SMILES string of the molecule is Nc1ncc2ncn(CC3(CO)CC3CO)c2n1. The van der Waals surface area contributed by atoms with Crippen molar-refractivity contribution in [3.63, 3.8) is 0 Å². The molecule has 0 bridgehead atoms. The van der Waals surface area contributed by atoms with Gasteiger partial charge >= 0.3 is 0 Å². The highest BCUT2D eigenvalue weighted by Crippen LogP contribution is 2.53. The maximum absolute atomic E-state index is 9.48. The average Bonchev–Trinajstić information content (AvgIpc) is 2.96. The predicted molar refractivity (Wildman–Crippen MR) is 64.4 cm³/mol. The molecule has 0 aliphatic heterocycles. The number of nitrogens with two attached hydrogens (primary N) is 1. The van der Waals surface area contributed by atoms with Crippen LogP contribution in [0.1, 0.15) is 6.42 Å². The fraction of sp³-hybridized carbons (Fsp3) is 0.545. The van der Waals surface area contributed by atoms with E-state index in [0.29, 0.717) is 17.7 Å². The Labute approximate surface area is 103 Å². The van der Waals surface area contributed by atoms with E-state index in [2.05, 4.69) is 15.0 Å². The van der Waals surface area contributed by atoms with Gasteiger partial charge < -0.3 is 20.5 Å². The number of anilines is 1. The van der Waals surface area contributed by atoms with Crippen molar-refractivity contribution in [3.05, 3.63) is 12.5 Å². The van der Waals surface area contributed by atoms with Crippen molar-refractivity contribution in [2.24, 2.45) is 11.3 Å². The number of nitrogen functional groups attached to an aromatic ring is 1. The Hall–Kier alpha value is -1.73. The number of rotatable bonds is 4. The van der Waals surface area contributed by atoms with Gasteiger partial charge in [0.15, 0.2) is 5.65 Å². The third-order valence-electron chi connectivity index (χ3n) is 3.76. The summed E-state index contributed by atoms with van der Waals surface area (Å²) in [7, 11) is 0. The topological polar surface area (TPSA) is 110 Å². The van der Waals surface area contributed by atoms with Crippen molar-refractivity contribution in [2.45, 2.75) is 13.0 Å². The molecule has 2 atom stereocenters. The van der Waals surface area contributed by atoms with Crippen LogP contribution >= 0.6 is 0 Å². The van der Waals surface area contributed by atoms with Crippen LogP contribution in [0.2, 0.25) is 0 Å². The summed E-state index contributed by atoms with van der Waals surface area (Å²) in [5.74, 6) is 0.357. The summed E-state index contributed by atoms with van der Waals surface area (Å²) >= 11 is 0. The molecule has 0 amide bonds. The molecule has 2 aromatic heterocycles. The smallest absolute Gasteiger partial charge is 0.222 e. The Morgan fingerprint density at radius 3 is 2.94 bits per heavy atom. The van der Waals surface area contributed by atoms with E-state index in [1.807, 2.05) is 4.57 Å². The number of aliphatic hydroxyl groups is 2. The van der Waals surface area contributed by atoms with Gasteiger partial charge in [-0.15, -0.1) is 0 Å².